The number of nitrogens with two attached hydrogens (primary N) is 1. The van der Waals surface area contributed by atoms with Gasteiger partial charge in [-0.05, 0) is 35.7 Å². The first-order valence-electron chi connectivity index (χ1n) is 11.4. The van der Waals surface area contributed by atoms with Gasteiger partial charge in [0.05, 0.1) is 20.8 Å². The molecular weight excluding hydrogens is 466 g/mol. The van der Waals surface area contributed by atoms with E-state index in [2.05, 4.69) is 16.0 Å². The maximum Gasteiger partial charge on any atom is 0.245 e. The number of hydrogen-bond donors (Lipinski definition) is 7. The second-order valence-corrected chi connectivity index (χ2v) is 8.50. The van der Waals surface area contributed by atoms with E-state index in [4.69, 9.17) is 20.6 Å². The summed E-state index contributed by atoms with van der Waals surface area (Å²) in [5, 5.41) is 35.7. The fourth-order valence-electron chi connectivity index (χ4n) is 3.47. The zero-order chi connectivity index (χ0) is 26.8. The van der Waals surface area contributed by atoms with Crippen molar-refractivity contribution in [1.82, 2.24) is 10.6 Å². The zero-order valence-electron chi connectivity index (χ0n) is 20.9. The SMILES string of the molecule is COc1ccc(CNC(=O)C(NC(=O)C(Nc2cccc(C(=N)N)c2)C(O)CO)C(C)C)cc1OC. The van der Waals surface area contributed by atoms with E-state index in [-0.39, 0.29) is 18.3 Å². The molecule has 2 aromatic rings. The monoisotopic (exact) mass is 501 g/mol. The van der Waals surface area contributed by atoms with Gasteiger partial charge in [-0.15, -0.1) is 0 Å². The van der Waals surface area contributed by atoms with E-state index in [9.17, 15) is 19.8 Å². The van der Waals surface area contributed by atoms with E-state index in [0.717, 1.165) is 5.56 Å². The second-order valence-electron chi connectivity index (χ2n) is 8.50. The molecule has 0 aliphatic heterocycles. The van der Waals surface area contributed by atoms with Crippen molar-refractivity contribution in [2.24, 2.45) is 11.7 Å². The average Bonchev–Trinajstić information content (AvgIpc) is 2.87. The maximum absolute atomic E-state index is 13.1. The van der Waals surface area contributed by atoms with Crippen LogP contribution in [0.1, 0.15) is 25.0 Å². The molecule has 8 N–H and O–H groups in total. The minimum atomic E-state index is -1.45. The van der Waals surface area contributed by atoms with Gasteiger partial charge in [0, 0.05) is 17.8 Å². The summed E-state index contributed by atoms with van der Waals surface area (Å²) in [6, 6.07) is 9.53. The van der Waals surface area contributed by atoms with Gasteiger partial charge in [-0.1, -0.05) is 32.0 Å². The third-order valence-corrected chi connectivity index (χ3v) is 5.51. The largest absolute Gasteiger partial charge is 0.493 e. The first kappa shape index (κ1) is 28.4. The lowest BCUT2D eigenvalue weighted by atomic mass is 10.0. The lowest BCUT2D eigenvalue weighted by molar-refractivity contribution is -0.132. The number of amides is 2. The van der Waals surface area contributed by atoms with E-state index in [1.165, 1.54) is 14.2 Å². The summed E-state index contributed by atoms with van der Waals surface area (Å²) in [6.45, 7) is 3.07. The lowest BCUT2D eigenvalue weighted by Crippen LogP contribution is -2.56. The molecule has 0 aliphatic carbocycles. The molecule has 2 rings (SSSR count). The quantitative estimate of drug-likeness (QED) is 0.154. The summed E-state index contributed by atoms with van der Waals surface area (Å²) in [5.41, 5.74) is 7.13. The van der Waals surface area contributed by atoms with Gasteiger partial charge in [0.1, 0.15) is 24.0 Å². The average molecular weight is 502 g/mol. The lowest BCUT2D eigenvalue weighted by Gasteiger charge is -2.27. The van der Waals surface area contributed by atoms with Crippen molar-refractivity contribution >= 4 is 23.3 Å². The van der Waals surface area contributed by atoms with Crippen LogP contribution in [0.3, 0.4) is 0 Å². The van der Waals surface area contributed by atoms with Crippen LogP contribution in [0, 0.1) is 11.3 Å². The van der Waals surface area contributed by atoms with Crippen molar-refractivity contribution < 1.29 is 29.3 Å². The van der Waals surface area contributed by atoms with E-state index < -0.39 is 36.6 Å². The van der Waals surface area contributed by atoms with Gasteiger partial charge in [0.25, 0.3) is 0 Å². The number of carbonyl (C=O) groups excluding carboxylic acids is 2. The number of aliphatic hydroxyl groups is 2. The Balaban J connectivity index is 2.13. The molecule has 0 saturated heterocycles. The van der Waals surface area contributed by atoms with Crippen LogP contribution in [0.4, 0.5) is 5.69 Å². The molecule has 0 aliphatic rings. The van der Waals surface area contributed by atoms with Crippen LogP contribution >= 0.6 is 0 Å². The highest BCUT2D eigenvalue weighted by molar-refractivity contribution is 5.96. The number of ether oxygens (including phenoxy) is 2. The van der Waals surface area contributed by atoms with E-state index >= 15 is 0 Å². The van der Waals surface area contributed by atoms with Gasteiger partial charge >= 0.3 is 0 Å². The Labute approximate surface area is 210 Å². The molecule has 11 heteroatoms. The molecule has 3 unspecified atom stereocenters. The van der Waals surface area contributed by atoms with Crippen LogP contribution in [0.25, 0.3) is 0 Å². The fraction of sp³-hybridized carbons (Fsp3) is 0.400. The van der Waals surface area contributed by atoms with Crippen LogP contribution in [0.2, 0.25) is 0 Å². The van der Waals surface area contributed by atoms with Crippen molar-refractivity contribution in [3.63, 3.8) is 0 Å². The summed E-state index contributed by atoms with van der Waals surface area (Å²) >= 11 is 0. The minimum absolute atomic E-state index is 0.159. The molecule has 0 saturated carbocycles. The normalized spacial score (nSPS) is 13.3. The van der Waals surface area contributed by atoms with Crippen molar-refractivity contribution in [3.8, 4) is 11.5 Å². The van der Waals surface area contributed by atoms with Crippen molar-refractivity contribution in [1.29, 1.82) is 5.41 Å². The number of nitrogen functional groups attached to an aromatic ring is 1. The van der Waals surface area contributed by atoms with Gasteiger partial charge in [0.2, 0.25) is 11.8 Å². The summed E-state index contributed by atoms with van der Waals surface area (Å²) in [4.78, 5) is 26.1. The highest BCUT2D eigenvalue weighted by atomic mass is 16.5. The van der Waals surface area contributed by atoms with Crippen LogP contribution in [-0.4, -0.2) is 66.9 Å². The molecule has 196 valence electrons. The Kier molecular flexibility index (Phi) is 10.5. The Hall–Kier alpha value is -3.83. The Morgan fingerprint density at radius 1 is 1.03 bits per heavy atom. The Morgan fingerprint density at radius 3 is 2.31 bits per heavy atom. The minimum Gasteiger partial charge on any atom is -0.493 e. The molecule has 0 radical (unpaired) electrons. The van der Waals surface area contributed by atoms with Crippen LogP contribution < -0.4 is 31.2 Å². The summed E-state index contributed by atoms with van der Waals surface area (Å²) in [7, 11) is 3.05. The first-order chi connectivity index (χ1) is 17.1. The third-order valence-electron chi connectivity index (χ3n) is 5.51. The van der Waals surface area contributed by atoms with Gasteiger partial charge in [-0.25, -0.2) is 0 Å². The number of anilines is 1. The van der Waals surface area contributed by atoms with Crippen molar-refractivity contribution in [2.75, 3.05) is 26.1 Å². The molecule has 11 nitrogen and oxygen atoms in total. The Morgan fingerprint density at radius 2 is 1.72 bits per heavy atom. The maximum atomic E-state index is 13.1. The summed E-state index contributed by atoms with van der Waals surface area (Å²) in [5.74, 6) is -0.428. The number of amidine groups is 1. The molecule has 36 heavy (non-hydrogen) atoms. The molecule has 0 fully saturated rings. The summed E-state index contributed by atoms with van der Waals surface area (Å²) in [6.07, 6.45) is -1.45. The van der Waals surface area contributed by atoms with Crippen LogP contribution in [0.5, 0.6) is 11.5 Å². The molecule has 0 heterocycles. The number of rotatable bonds is 13. The number of nitrogens with one attached hydrogen (secondary N) is 4. The highest BCUT2D eigenvalue weighted by Crippen LogP contribution is 2.27. The number of methoxy groups -OCH3 is 2. The van der Waals surface area contributed by atoms with E-state index in [0.29, 0.717) is 22.7 Å². The first-order valence-corrected chi connectivity index (χ1v) is 11.4. The number of carbonyl (C=O) groups is 2. The van der Waals surface area contributed by atoms with Crippen molar-refractivity contribution in [3.05, 3.63) is 53.6 Å². The van der Waals surface area contributed by atoms with E-state index in [1.54, 1.807) is 56.3 Å². The number of aliphatic hydroxyl groups excluding tert-OH is 2. The van der Waals surface area contributed by atoms with E-state index in [1.807, 2.05) is 0 Å². The molecule has 2 amide bonds. The number of hydrogen-bond acceptors (Lipinski definition) is 8. The fourth-order valence-corrected chi connectivity index (χ4v) is 3.47. The van der Waals surface area contributed by atoms with Crippen LogP contribution in [0.15, 0.2) is 42.5 Å². The number of benzene rings is 2. The molecule has 0 bridgehead atoms. The standard InChI is InChI=1S/C25H35N5O6/c1-14(2)21(24(33)28-12-15-8-9-19(35-3)20(10-15)36-4)30-25(34)22(18(32)13-31)29-17-7-5-6-16(11-17)23(26)27/h5-11,14,18,21-22,29,31-32H,12-13H2,1-4H3,(H3,26,27)(H,28,33)(H,30,34). The molecular formula is C25H35N5O6. The van der Waals surface area contributed by atoms with Gasteiger partial charge < -0.3 is 41.4 Å². The topological polar surface area (TPSA) is 179 Å². The smallest absolute Gasteiger partial charge is 0.245 e. The Bertz CT molecular complexity index is 1060. The highest BCUT2D eigenvalue weighted by Gasteiger charge is 2.31. The third kappa shape index (κ3) is 7.59. The molecule has 2 aromatic carbocycles. The van der Waals surface area contributed by atoms with Crippen LogP contribution in [-0.2, 0) is 16.1 Å². The molecule has 3 atom stereocenters. The second kappa shape index (κ2) is 13.3. The van der Waals surface area contributed by atoms with Gasteiger partial charge in [0.15, 0.2) is 11.5 Å². The summed E-state index contributed by atoms with van der Waals surface area (Å²) < 4.78 is 10.5. The van der Waals surface area contributed by atoms with Crippen molar-refractivity contribution in [2.45, 2.75) is 38.6 Å². The molecule has 0 spiro atoms. The predicted octanol–water partition coefficient (Wildman–Crippen LogP) is 0.579. The molecule has 0 aromatic heterocycles. The zero-order valence-corrected chi connectivity index (χ0v) is 20.9. The van der Waals surface area contributed by atoms with Gasteiger partial charge in [-0.3, -0.25) is 15.0 Å². The predicted molar refractivity (Wildman–Crippen MR) is 136 cm³/mol. The van der Waals surface area contributed by atoms with Gasteiger partial charge in [-0.2, -0.15) is 0 Å².